The van der Waals surface area contributed by atoms with Gasteiger partial charge in [-0.15, -0.1) is 0 Å². The van der Waals surface area contributed by atoms with Gasteiger partial charge in [-0.05, 0) is 115 Å². The molecule has 7 fully saturated rings. The first-order valence-electron chi connectivity index (χ1n) is 19.1. The van der Waals surface area contributed by atoms with E-state index in [1.54, 1.807) is 0 Å². The molecule has 0 bridgehead atoms. The van der Waals surface area contributed by atoms with Gasteiger partial charge < -0.3 is 9.47 Å². The number of Topliss-reactive ketones (excluding diaryl/α,β-unsaturated/α-hetero) is 1. The van der Waals surface area contributed by atoms with Gasteiger partial charge in [0, 0.05) is 23.3 Å². The number of hydrogen-bond acceptors (Lipinski definition) is 3. The zero-order valence-corrected chi connectivity index (χ0v) is 28.9. The summed E-state index contributed by atoms with van der Waals surface area (Å²) < 4.78 is 18.4. The monoisotopic (exact) mass is 633 g/mol. The van der Waals surface area contributed by atoms with Crippen molar-refractivity contribution >= 4 is 16.6 Å². The fourth-order valence-electron chi connectivity index (χ4n) is 14.0. The van der Waals surface area contributed by atoms with E-state index in [1.807, 2.05) is 12.1 Å². The van der Waals surface area contributed by atoms with Gasteiger partial charge >= 0.3 is 0 Å². The second kappa shape index (κ2) is 9.81. The molecule has 5 nitrogen and oxygen atoms in total. The van der Waals surface area contributed by atoms with Crippen LogP contribution in [0.5, 0.6) is 0 Å². The molecule has 2 aromatic carbocycles. The molecule has 2 saturated heterocycles. The van der Waals surface area contributed by atoms with Crippen molar-refractivity contribution in [2.24, 2.45) is 57.7 Å². The van der Waals surface area contributed by atoms with Crippen molar-refractivity contribution in [3.05, 3.63) is 66.7 Å². The van der Waals surface area contributed by atoms with Crippen LogP contribution in [0.1, 0.15) is 102 Å². The van der Waals surface area contributed by atoms with Crippen LogP contribution < -0.4 is 4.57 Å². The second-order valence-electron chi connectivity index (χ2n) is 18.1. The number of aromatic nitrogens is 2. The molecule has 2 spiro atoms. The number of carbonyl (C=O) groups is 1. The lowest BCUT2D eigenvalue weighted by Gasteiger charge is -2.60. The maximum absolute atomic E-state index is 13.5. The van der Waals surface area contributed by atoms with Crippen LogP contribution in [0.15, 0.2) is 61.2 Å². The molecule has 0 N–H and O–H groups in total. The Morgan fingerprint density at radius 3 is 2.64 bits per heavy atom. The van der Waals surface area contributed by atoms with Gasteiger partial charge in [-0.25, -0.2) is 9.13 Å². The van der Waals surface area contributed by atoms with Crippen molar-refractivity contribution < 1.29 is 18.8 Å². The predicted octanol–water partition coefficient (Wildman–Crippen LogP) is 8.41. The molecule has 3 heterocycles. The minimum atomic E-state index is -0.340. The van der Waals surface area contributed by atoms with E-state index < -0.39 is 0 Å². The molecule has 3 aromatic rings. The Morgan fingerprint density at radius 1 is 0.979 bits per heavy atom. The largest absolute Gasteiger partial charge is 0.349 e. The number of ketones is 1. The van der Waals surface area contributed by atoms with Gasteiger partial charge in [0.25, 0.3) is 0 Å². The van der Waals surface area contributed by atoms with Crippen LogP contribution in [0.25, 0.3) is 10.8 Å². The fraction of sp³-hybridized carbons (Fsp3) is 0.667. The van der Waals surface area contributed by atoms with E-state index in [0.717, 1.165) is 47.6 Å². The molecule has 248 valence electrons. The molecule has 5 aliphatic carbocycles. The van der Waals surface area contributed by atoms with Gasteiger partial charge in [0.15, 0.2) is 12.3 Å². The molecule has 10 rings (SSSR count). The first-order chi connectivity index (χ1) is 22.7. The lowest BCUT2D eigenvalue weighted by molar-refractivity contribution is -0.682. The molecule has 47 heavy (non-hydrogen) atoms. The summed E-state index contributed by atoms with van der Waals surface area (Å²) in [6.45, 7) is 11.4. The SMILES string of the molecule is C[C@@H]1CC[C@@]2(OC1)O[C@H]1C[C@H]3[C@@H]4C[C@H](n5cc[n+](CC(=O)c6ccc7ccccc7c6)c5)[C@]56C[C@H]5CC[C@]6(C)[C@H]4CC[C@]3(C)[C@H]1[C@@H]2C. The summed E-state index contributed by atoms with van der Waals surface area (Å²) >= 11 is 0. The minimum absolute atomic E-state index is 0.180. The van der Waals surface area contributed by atoms with Crippen LogP contribution in [0, 0.1) is 57.7 Å². The molecule has 13 atom stereocenters. The first kappa shape index (κ1) is 29.4. The highest BCUT2D eigenvalue weighted by Crippen LogP contribution is 2.84. The number of fused-ring (bicyclic) bond motifs is 7. The highest BCUT2D eigenvalue weighted by Gasteiger charge is 2.79. The van der Waals surface area contributed by atoms with E-state index in [9.17, 15) is 4.79 Å². The maximum atomic E-state index is 13.5. The van der Waals surface area contributed by atoms with Crippen LogP contribution in [-0.2, 0) is 16.0 Å². The lowest BCUT2D eigenvalue weighted by Crippen LogP contribution is -2.56. The number of carbonyl (C=O) groups excluding carboxylic acids is 1. The Kier molecular flexibility index (Phi) is 6.14. The molecule has 0 radical (unpaired) electrons. The van der Waals surface area contributed by atoms with E-state index in [-0.39, 0.29) is 11.6 Å². The zero-order chi connectivity index (χ0) is 31.9. The predicted molar refractivity (Wildman–Crippen MR) is 181 cm³/mol. The van der Waals surface area contributed by atoms with Crippen LogP contribution in [-0.4, -0.2) is 28.8 Å². The number of benzene rings is 2. The van der Waals surface area contributed by atoms with Crippen molar-refractivity contribution in [1.82, 2.24) is 4.57 Å². The summed E-state index contributed by atoms with van der Waals surface area (Å²) in [6, 6.07) is 14.9. The normalized spacial score (nSPS) is 47.7. The highest BCUT2D eigenvalue weighted by atomic mass is 16.7. The van der Waals surface area contributed by atoms with Gasteiger partial charge in [0.2, 0.25) is 12.1 Å². The molecule has 2 aliphatic heterocycles. The molecular formula is C42H53N2O3+. The third kappa shape index (κ3) is 3.85. The van der Waals surface area contributed by atoms with Gasteiger partial charge in [-0.1, -0.05) is 64.1 Å². The first-order valence-corrected chi connectivity index (χ1v) is 19.1. The maximum Gasteiger partial charge on any atom is 0.244 e. The topological polar surface area (TPSA) is 44.3 Å². The standard InChI is InChI=1S/C42H53N2O3/c1-26-11-16-42(46-24-26)27(2)38-36(47-42)21-34-32-20-37(41-22-31(41)12-15-40(41,4)33(32)13-14-39(34,38)3)44-18-17-43(25-44)23-35(45)30-10-9-28-7-5-6-8-29(28)19-30/h5-10,17-19,25-27,31-34,36-38H,11-16,20-24H2,1-4H3/q+1/t26-,27+,31-,32-,33+,34+,36+,37+,38+,39+,40-,41+,42-/m1/s1. The number of nitrogens with zero attached hydrogens (tertiary/aromatic N) is 2. The molecular weight excluding hydrogens is 580 g/mol. The highest BCUT2D eigenvalue weighted by molar-refractivity contribution is 5.99. The molecule has 0 unspecified atom stereocenters. The third-order valence-corrected chi connectivity index (χ3v) is 16.3. The summed E-state index contributed by atoms with van der Waals surface area (Å²) in [5.41, 5.74) is 1.97. The number of hydrogen-bond donors (Lipinski definition) is 0. The summed E-state index contributed by atoms with van der Waals surface area (Å²) in [7, 11) is 0. The second-order valence-corrected chi connectivity index (χ2v) is 18.1. The van der Waals surface area contributed by atoms with E-state index in [1.165, 1.54) is 56.8 Å². The zero-order valence-electron chi connectivity index (χ0n) is 28.9. The molecule has 7 aliphatic rings. The quantitative estimate of drug-likeness (QED) is 0.214. The van der Waals surface area contributed by atoms with Crippen LogP contribution >= 0.6 is 0 Å². The van der Waals surface area contributed by atoms with Crippen molar-refractivity contribution in [2.45, 2.75) is 110 Å². The Bertz CT molecular complexity index is 1750. The Labute approximate surface area is 280 Å². The van der Waals surface area contributed by atoms with Crippen LogP contribution in [0.3, 0.4) is 0 Å². The van der Waals surface area contributed by atoms with E-state index in [2.05, 4.69) is 85.9 Å². The lowest BCUT2D eigenvalue weighted by atomic mass is 9.44. The van der Waals surface area contributed by atoms with Gasteiger partial charge in [-0.3, -0.25) is 4.79 Å². The molecule has 5 heteroatoms. The summed E-state index contributed by atoms with van der Waals surface area (Å²) in [4.78, 5) is 13.5. The van der Waals surface area contributed by atoms with Crippen LogP contribution in [0.2, 0.25) is 0 Å². The van der Waals surface area contributed by atoms with Crippen LogP contribution in [0.4, 0.5) is 0 Å². The summed E-state index contributed by atoms with van der Waals surface area (Å²) in [5.74, 6) is 4.73. The van der Waals surface area contributed by atoms with E-state index in [0.29, 0.717) is 52.7 Å². The fourth-order valence-corrected chi connectivity index (χ4v) is 14.0. The average Bonchev–Trinajstić information content (AvgIpc) is 3.29. The number of rotatable bonds is 4. The van der Waals surface area contributed by atoms with Gasteiger partial charge in [-0.2, -0.15) is 0 Å². The van der Waals surface area contributed by atoms with Crippen molar-refractivity contribution in [1.29, 1.82) is 0 Å². The molecule has 1 aromatic heterocycles. The Morgan fingerprint density at radius 2 is 1.83 bits per heavy atom. The van der Waals surface area contributed by atoms with Gasteiger partial charge in [0.05, 0.1) is 12.7 Å². The third-order valence-electron chi connectivity index (χ3n) is 16.3. The Balaban J connectivity index is 0.936. The van der Waals surface area contributed by atoms with E-state index >= 15 is 0 Å². The Hall–Kier alpha value is -2.50. The summed E-state index contributed by atoms with van der Waals surface area (Å²) in [6.07, 6.45) is 18.9. The molecule has 0 amide bonds. The minimum Gasteiger partial charge on any atom is -0.349 e. The van der Waals surface area contributed by atoms with Gasteiger partial charge in [0.1, 0.15) is 18.4 Å². The van der Waals surface area contributed by atoms with E-state index in [4.69, 9.17) is 9.47 Å². The summed E-state index contributed by atoms with van der Waals surface area (Å²) in [5, 5.41) is 2.31. The van der Waals surface area contributed by atoms with Crippen molar-refractivity contribution in [2.75, 3.05) is 6.61 Å². The smallest absolute Gasteiger partial charge is 0.244 e. The number of ether oxygens (including phenoxy) is 2. The number of imidazole rings is 1. The molecule has 5 saturated carbocycles. The van der Waals surface area contributed by atoms with Crippen molar-refractivity contribution in [3.63, 3.8) is 0 Å². The van der Waals surface area contributed by atoms with Crippen molar-refractivity contribution in [3.8, 4) is 0 Å². The average molecular weight is 634 g/mol.